The highest BCUT2D eigenvalue weighted by Crippen LogP contribution is 2.40. The van der Waals surface area contributed by atoms with Gasteiger partial charge in [-0.1, -0.05) is 0 Å². The highest BCUT2D eigenvalue weighted by Gasteiger charge is 2.32. The number of ether oxygens (including phenoxy) is 2. The van der Waals surface area contributed by atoms with E-state index in [9.17, 15) is 13.2 Å². The summed E-state index contributed by atoms with van der Waals surface area (Å²) in [6.45, 7) is 3.86. The van der Waals surface area contributed by atoms with Gasteiger partial charge in [0.25, 0.3) is 0 Å². The number of methoxy groups -OCH3 is 2. The van der Waals surface area contributed by atoms with E-state index in [4.69, 9.17) is 13.9 Å². The molecule has 0 unspecified atom stereocenters. The smallest absolute Gasteiger partial charge is 0.393 e. The minimum absolute atomic E-state index is 0.139. The van der Waals surface area contributed by atoms with Crippen molar-refractivity contribution < 1.29 is 27.1 Å². The maximum Gasteiger partial charge on any atom is 0.393 e. The van der Waals surface area contributed by atoms with E-state index in [0.717, 1.165) is 39.0 Å². The van der Waals surface area contributed by atoms with E-state index >= 15 is 0 Å². The van der Waals surface area contributed by atoms with Gasteiger partial charge in [0, 0.05) is 41.0 Å². The van der Waals surface area contributed by atoms with Crippen molar-refractivity contribution in [2.24, 2.45) is 0 Å². The Balaban J connectivity index is 1.46. The molecule has 11 heteroatoms. The van der Waals surface area contributed by atoms with E-state index in [-0.39, 0.29) is 11.5 Å². The largest absolute Gasteiger partial charge is 0.493 e. The number of piperidine rings is 1. The molecule has 1 aliphatic rings. The second-order valence-corrected chi connectivity index (χ2v) is 9.77. The van der Waals surface area contributed by atoms with Crippen LogP contribution in [0.3, 0.4) is 0 Å². The zero-order valence-corrected chi connectivity index (χ0v) is 22.2. The lowest BCUT2D eigenvalue weighted by atomic mass is 9.97. The van der Waals surface area contributed by atoms with E-state index < -0.39 is 12.6 Å². The molecule has 2 N–H and O–H groups in total. The molecule has 0 spiro atoms. The third-order valence-electron chi connectivity index (χ3n) is 7.26. The molecular formula is C28H32F3N5O3. The van der Waals surface area contributed by atoms with E-state index in [1.54, 1.807) is 36.4 Å². The SMILES string of the molecule is CNCCN1CCC(c2nnc(-c3ccc4[nH]c(-c5ccc(OC)c(OC)c5)c(CC(F)(F)F)c4c3)o2)CC1. The Morgan fingerprint density at radius 1 is 1.03 bits per heavy atom. The average Bonchev–Trinajstić information content (AvgIpc) is 3.56. The van der Waals surface area contributed by atoms with Gasteiger partial charge in [0.15, 0.2) is 11.5 Å². The van der Waals surface area contributed by atoms with Crippen molar-refractivity contribution >= 4 is 10.9 Å². The number of hydrogen-bond acceptors (Lipinski definition) is 7. The Bertz CT molecular complexity index is 1420. The van der Waals surface area contributed by atoms with Crippen LogP contribution in [0.25, 0.3) is 33.6 Å². The predicted octanol–water partition coefficient (Wildman–Crippen LogP) is 5.41. The van der Waals surface area contributed by atoms with Crippen molar-refractivity contribution in [2.75, 3.05) is 47.4 Å². The molecule has 2 aromatic heterocycles. The van der Waals surface area contributed by atoms with Gasteiger partial charge in [-0.2, -0.15) is 13.2 Å². The Kier molecular flexibility index (Phi) is 7.81. The molecule has 3 heterocycles. The molecule has 0 saturated carbocycles. The molecule has 1 fully saturated rings. The fraction of sp³-hybridized carbons (Fsp3) is 0.429. The highest BCUT2D eigenvalue weighted by molar-refractivity contribution is 5.93. The third kappa shape index (κ3) is 5.89. The summed E-state index contributed by atoms with van der Waals surface area (Å²) >= 11 is 0. The quantitative estimate of drug-likeness (QED) is 0.292. The number of likely N-dealkylation sites (N-methyl/N-ethyl adjacent to an activating group) is 1. The number of nitrogens with one attached hydrogen (secondary N) is 2. The number of nitrogens with zero attached hydrogens (tertiary/aromatic N) is 3. The minimum atomic E-state index is -4.41. The molecule has 0 radical (unpaired) electrons. The van der Waals surface area contributed by atoms with Gasteiger partial charge in [-0.15, -0.1) is 10.2 Å². The molecule has 4 aromatic rings. The van der Waals surface area contributed by atoms with Crippen LogP contribution in [0.15, 0.2) is 40.8 Å². The molecule has 8 nitrogen and oxygen atoms in total. The maximum atomic E-state index is 13.7. The lowest BCUT2D eigenvalue weighted by Gasteiger charge is -2.30. The summed E-state index contributed by atoms with van der Waals surface area (Å²) in [7, 11) is 4.94. The maximum absolute atomic E-state index is 13.7. The van der Waals surface area contributed by atoms with Gasteiger partial charge < -0.3 is 29.1 Å². The molecule has 39 heavy (non-hydrogen) atoms. The Hall–Kier alpha value is -3.57. The van der Waals surface area contributed by atoms with Gasteiger partial charge in [-0.05, 0) is 74.9 Å². The van der Waals surface area contributed by atoms with Gasteiger partial charge in [0.05, 0.1) is 26.3 Å². The molecule has 0 amide bonds. The fourth-order valence-electron chi connectivity index (χ4n) is 5.19. The van der Waals surface area contributed by atoms with E-state index in [0.29, 0.717) is 51.0 Å². The second kappa shape index (κ2) is 11.3. The lowest BCUT2D eigenvalue weighted by Crippen LogP contribution is -2.37. The highest BCUT2D eigenvalue weighted by atomic mass is 19.4. The topological polar surface area (TPSA) is 88.4 Å². The van der Waals surface area contributed by atoms with Crippen LogP contribution < -0.4 is 14.8 Å². The van der Waals surface area contributed by atoms with E-state index in [2.05, 4.69) is 25.4 Å². The molecule has 0 aliphatic carbocycles. The zero-order valence-electron chi connectivity index (χ0n) is 22.2. The predicted molar refractivity (Wildman–Crippen MR) is 142 cm³/mol. The third-order valence-corrected chi connectivity index (χ3v) is 7.26. The Labute approximate surface area is 224 Å². The number of alkyl halides is 3. The minimum Gasteiger partial charge on any atom is -0.493 e. The van der Waals surface area contributed by atoms with Crippen LogP contribution in [0.2, 0.25) is 0 Å². The molecule has 1 aliphatic heterocycles. The van der Waals surface area contributed by atoms with Crippen LogP contribution in [0.5, 0.6) is 11.5 Å². The van der Waals surface area contributed by atoms with Gasteiger partial charge in [0.1, 0.15) is 0 Å². The number of halogens is 3. The van der Waals surface area contributed by atoms with Gasteiger partial charge in [-0.3, -0.25) is 0 Å². The number of hydrogen-bond donors (Lipinski definition) is 2. The summed E-state index contributed by atoms with van der Waals surface area (Å²) in [4.78, 5) is 5.58. The van der Waals surface area contributed by atoms with E-state index in [1.807, 2.05) is 7.05 Å². The van der Waals surface area contributed by atoms with Gasteiger partial charge in [0.2, 0.25) is 11.8 Å². The molecular weight excluding hydrogens is 511 g/mol. The normalized spacial score (nSPS) is 15.2. The van der Waals surface area contributed by atoms with E-state index in [1.165, 1.54) is 14.2 Å². The van der Waals surface area contributed by atoms with Crippen LogP contribution in [0, 0.1) is 0 Å². The average molecular weight is 544 g/mol. The van der Waals surface area contributed by atoms with Crippen molar-refractivity contribution in [3.05, 3.63) is 47.9 Å². The number of H-pyrrole nitrogens is 1. The van der Waals surface area contributed by atoms with Crippen LogP contribution >= 0.6 is 0 Å². The standard InChI is InChI=1S/C28H32F3N5O3/c1-32-10-13-36-11-8-17(9-12-36)26-34-35-27(39-26)19-4-6-22-20(14-19)21(16-28(29,30)31)25(33-22)18-5-7-23(37-2)24(15-18)38-3/h4-7,14-15,17,32-33H,8-13,16H2,1-3H3. The van der Waals surface area contributed by atoms with Crippen LogP contribution in [-0.4, -0.2) is 73.7 Å². The first-order valence-electron chi connectivity index (χ1n) is 12.9. The van der Waals surface area contributed by atoms with Crippen LogP contribution in [0.1, 0.15) is 30.2 Å². The summed E-state index contributed by atoms with van der Waals surface area (Å²) in [6, 6.07) is 10.3. The van der Waals surface area contributed by atoms with Crippen molar-refractivity contribution in [3.63, 3.8) is 0 Å². The fourth-order valence-corrected chi connectivity index (χ4v) is 5.19. The van der Waals surface area contributed by atoms with Crippen molar-refractivity contribution in [2.45, 2.75) is 31.4 Å². The van der Waals surface area contributed by atoms with Crippen LogP contribution in [0.4, 0.5) is 13.2 Å². The Morgan fingerprint density at radius 2 is 1.77 bits per heavy atom. The molecule has 0 bridgehead atoms. The van der Waals surface area contributed by atoms with Gasteiger partial charge in [-0.25, -0.2) is 0 Å². The lowest BCUT2D eigenvalue weighted by molar-refractivity contribution is -0.126. The van der Waals surface area contributed by atoms with Crippen molar-refractivity contribution in [1.29, 1.82) is 0 Å². The number of rotatable bonds is 9. The first-order chi connectivity index (χ1) is 18.8. The van der Waals surface area contributed by atoms with Gasteiger partial charge >= 0.3 is 6.18 Å². The second-order valence-electron chi connectivity index (χ2n) is 9.77. The number of likely N-dealkylation sites (tertiary alicyclic amines) is 1. The summed E-state index contributed by atoms with van der Waals surface area (Å²) in [5, 5.41) is 12.2. The van der Waals surface area contributed by atoms with Crippen molar-refractivity contribution in [1.82, 2.24) is 25.4 Å². The molecule has 5 rings (SSSR count). The van der Waals surface area contributed by atoms with Crippen LogP contribution in [-0.2, 0) is 6.42 Å². The number of fused-ring (bicyclic) bond motifs is 1. The monoisotopic (exact) mass is 543 g/mol. The number of benzene rings is 2. The number of aromatic amines is 1. The number of aromatic nitrogens is 3. The summed E-state index contributed by atoms with van der Waals surface area (Å²) in [6.07, 6.45) is -3.66. The first-order valence-corrected chi connectivity index (χ1v) is 12.9. The molecule has 0 atom stereocenters. The summed E-state index contributed by atoms with van der Waals surface area (Å²) in [5.74, 6) is 1.97. The van der Waals surface area contributed by atoms with Crippen molar-refractivity contribution in [3.8, 4) is 34.2 Å². The molecule has 2 aromatic carbocycles. The molecule has 1 saturated heterocycles. The Morgan fingerprint density at radius 3 is 2.46 bits per heavy atom. The first kappa shape index (κ1) is 27.0. The summed E-state index contributed by atoms with van der Waals surface area (Å²) in [5.41, 5.74) is 2.23. The summed E-state index contributed by atoms with van der Waals surface area (Å²) < 4.78 is 57.9. The zero-order chi connectivity index (χ0) is 27.6. The molecule has 208 valence electrons.